The van der Waals surface area contributed by atoms with E-state index in [0.717, 1.165) is 38.1 Å². The Hall–Kier alpha value is -2.54. The smallest absolute Gasteiger partial charge is 0.263 e. The first-order valence-electron chi connectivity index (χ1n) is 8.63. The summed E-state index contributed by atoms with van der Waals surface area (Å²) in [4.78, 5) is 25.3. The summed E-state index contributed by atoms with van der Waals surface area (Å²) in [5.41, 5.74) is -0.0919. The molecule has 1 atom stereocenters. The molecule has 1 saturated heterocycles. The first-order chi connectivity index (χ1) is 12.5. The Morgan fingerprint density at radius 3 is 2.85 bits per heavy atom. The van der Waals surface area contributed by atoms with E-state index >= 15 is 0 Å². The van der Waals surface area contributed by atoms with E-state index < -0.39 is 23.1 Å². The van der Waals surface area contributed by atoms with E-state index in [2.05, 4.69) is 10.6 Å². The van der Waals surface area contributed by atoms with Crippen LogP contribution in [0.4, 0.5) is 14.5 Å². The van der Waals surface area contributed by atoms with Gasteiger partial charge >= 0.3 is 0 Å². The van der Waals surface area contributed by atoms with Gasteiger partial charge in [0.25, 0.3) is 11.5 Å². The zero-order chi connectivity index (χ0) is 18.7. The van der Waals surface area contributed by atoms with Crippen LogP contribution in [0.1, 0.15) is 28.8 Å². The molecule has 0 aliphatic carbocycles. The number of aromatic nitrogens is 1. The lowest BCUT2D eigenvalue weighted by atomic mass is 9.99. The van der Waals surface area contributed by atoms with Gasteiger partial charge in [-0.15, -0.1) is 0 Å². The van der Waals surface area contributed by atoms with Crippen molar-refractivity contribution in [1.82, 2.24) is 9.88 Å². The van der Waals surface area contributed by atoms with Gasteiger partial charge in [0.2, 0.25) is 0 Å². The van der Waals surface area contributed by atoms with Crippen molar-refractivity contribution in [2.45, 2.75) is 26.3 Å². The number of rotatable bonds is 4. The van der Waals surface area contributed by atoms with Gasteiger partial charge in [-0.1, -0.05) is 0 Å². The van der Waals surface area contributed by atoms with Gasteiger partial charge in [-0.2, -0.15) is 0 Å². The van der Waals surface area contributed by atoms with E-state index in [-0.39, 0.29) is 11.3 Å². The van der Waals surface area contributed by atoms with Gasteiger partial charge in [-0.3, -0.25) is 9.59 Å². The quantitative estimate of drug-likeness (QED) is 0.880. The molecule has 1 aromatic heterocycles. The molecule has 1 aliphatic rings. The molecule has 0 bridgehead atoms. The molecule has 1 amide bonds. The second-order valence-electron chi connectivity index (χ2n) is 6.62. The van der Waals surface area contributed by atoms with Crippen molar-refractivity contribution in [3.8, 4) is 0 Å². The molecule has 2 heterocycles. The molecule has 3 rings (SSSR count). The third-order valence-electron chi connectivity index (χ3n) is 4.63. The van der Waals surface area contributed by atoms with Gasteiger partial charge in [-0.05, 0) is 62.5 Å². The number of piperidine rings is 1. The van der Waals surface area contributed by atoms with Crippen LogP contribution in [-0.4, -0.2) is 23.6 Å². The summed E-state index contributed by atoms with van der Waals surface area (Å²) in [6.07, 6.45) is 3.76. The summed E-state index contributed by atoms with van der Waals surface area (Å²) in [7, 11) is 0. The molecule has 138 valence electrons. The fraction of sp³-hybridized carbons (Fsp3) is 0.368. The monoisotopic (exact) mass is 361 g/mol. The number of benzene rings is 1. The number of carbonyl (C=O) groups is 1. The third kappa shape index (κ3) is 3.99. The number of nitrogens with one attached hydrogen (secondary N) is 2. The molecule has 1 aromatic carbocycles. The number of hydrogen-bond donors (Lipinski definition) is 2. The van der Waals surface area contributed by atoms with Gasteiger partial charge in [0, 0.05) is 18.8 Å². The minimum absolute atomic E-state index is 0.0278. The Morgan fingerprint density at radius 1 is 1.35 bits per heavy atom. The van der Waals surface area contributed by atoms with E-state index in [1.165, 1.54) is 4.57 Å². The van der Waals surface area contributed by atoms with E-state index in [4.69, 9.17) is 0 Å². The lowest BCUT2D eigenvalue weighted by molar-refractivity contribution is 0.102. The molecule has 5 nitrogen and oxygen atoms in total. The molecule has 26 heavy (non-hydrogen) atoms. The van der Waals surface area contributed by atoms with E-state index in [9.17, 15) is 18.4 Å². The first kappa shape index (κ1) is 18.3. The SMILES string of the molecule is Cc1ccn(CC2CCCNC2)c(=O)c1C(=O)Nc1ccc(F)cc1F. The van der Waals surface area contributed by atoms with Crippen LogP contribution in [0.2, 0.25) is 0 Å². The highest BCUT2D eigenvalue weighted by Crippen LogP contribution is 2.17. The van der Waals surface area contributed by atoms with Crippen molar-refractivity contribution in [3.63, 3.8) is 0 Å². The maximum Gasteiger partial charge on any atom is 0.263 e. The first-order valence-corrected chi connectivity index (χ1v) is 8.63. The van der Waals surface area contributed by atoms with Gasteiger partial charge < -0.3 is 15.2 Å². The second kappa shape index (κ2) is 7.78. The largest absolute Gasteiger partial charge is 0.319 e. The van der Waals surface area contributed by atoms with Crippen LogP contribution in [0.3, 0.4) is 0 Å². The summed E-state index contributed by atoms with van der Waals surface area (Å²) in [5.74, 6) is -2.00. The predicted octanol–water partition coefficient (Wildman–Crippen LogP) is 2.69. The topological polar surface area (TPSA) is 63.1 Å². The summed E-state index contributed by atoms with van der Waals surface area (Å²) in [6.45, 7) is 4.00. The molecule has 1 fully saturated rings. The van der Waals surface area contributed by atoms with Crippen LogP contribution < -0.4 is 16.2 Å². The standard InChI is InChI=1S/C19H21F2N3O2/c1-12-6-8-24(11-13-3-2-7-22-10-13)19(26)17(12)18(25)23-16-5-4-14(20)9-15(16)21/h4-6,8-9,13,22H,2-3,7,10-11H2,1H3,(H,23,25). The van der Waals surface area contributed by atoms with Crippen molar-refractivity contribution in [3.05, 3.63) is 63.6 Å². The number of halogens is 2. The number of amides is 1. The van der Waals surface area contributed by atoms with Crippen molar-refractivity contribution in [1.29, 1.82) is 0 Å². The molecule has 1 aliphatic heterocycles. The van der Waals surface area contributed by atoms with Gasteiger partial charge in [0.15, 0.2) is 0 Å². The fourth-order valence-electron chi connectivity index (χ4n) is 3.22. The lowest BCUT2D eigenvalue weighted by Crippen LogP contribution is -2.36. The van der Waals surface area contributed by atoms with Crippen LogP contribution >= 0.6 is 0 Å². The number of aryl methyl sites for hydroxylation is 1. The molecular weight excluding hydrogens is 340 g/mol. The maximum absolute atomic E-state index is 13.8. The zero-order valence-corrected chi connectivity index (χ0v) is 14.5. The number of pyridine rings is 1. The zero-order valence-electron chi connectivity index (χ0n) is 14.5. The fourth-order valence-corrected chi connectivity index (χ4v) is 3.22. The Bertz CT molecular complexity index is 874. The lowest BCUT2D eigenvalue weighted by Gasteiger charge is -2.23. The molecule has 7 heteroatoms. The molecule has 1 unspecified atom stereocenters. The molecule has 0 radical (unpaired) electrons. The minimum Gasteiger partial charge on any atom is -0.319 e. The van der Waals surface area contributed by atoms with E-state index in [0.29, 0.717) is 24.1 Å². The van der Waals surface area contributed by atoms with Gasteiger partial charge in [0.05, 0.1) is 5.69 Å². The summed E-state index contributed by atoms with van der Waals surface area (Å²) in [6, 6.07) is 4.56. The Kier molecular flexibility index (Phi) is 5.46. The van der Waals surface area contributed by atoms with Gasteiger partial charge in [0.1, 0.15) is 17.2 Å². The number of hydrogen-bond acceptors (Lipinski definition) is 3. The Labute approximate surface area is 150 Å². The average molecular weight is 361 g/mol. The molecule has 2 aromatic rings. The van der Waals surface area contributed by atoms with Gasteiger partial charge in [-0.25, -0.2) is 8.78 Å². The summed E-state index contributed by atoms with van der Waals surface area (Å²) >= 11 is 0. The third-order valence-corrected chi connectivity index (χ3v) is 4.63. The second-order valence-corrected chi connectivity index (χ2v) is 6.62. The molecular formula is C19H21F2N3O2. The summed E-state index contributed by atoms with van der Waals surface area (Å²) in [5, 5.41) is 5.66. The molecule has 2 N–H and O–H groups in total. The van der Waals surface area contributed by atoms with E-state index in [1.54, 1.807) is 19.2 Å². The predicted molar refractivity (Wildman–Crippen MR) is 95.3 cm³/mol. The highest BCUT2D eigenvalue weighted by atomic mass is 19.1. The summed E-state index contributed by atoms with van der Waals surface area (Å²) < 4.78 is 28.3. The molecule has 0 saturated carbocycles. The highest BCUT2D eigenvalue weighted by molar-refractivity contribution is 6.05. The Balaban J connectivity index is 1.85. The van der Waals surface area contributed by atoms with Crippen molar-refractivity contribution in [2.24, 2.45) is 5.92 Å². The highest BCUT2D eigenvalue weighted by Gasteiger charge is 2.20. The number of anilines is 1. The minimum atomic E-state index is -0.888. The average Bonchev–Trinajstić information content (AvgIpc) is 2.61. The number of carbonyl (C=O) groups excluding carboxylic acids is 1. The molecule has 0 spiro atoms. The van der Waals surface area contributed by atoms with Crippen LogP contribution in [0.15, 0.2) is 35.3 Å². The maximum atomic E-state index is 13.8. The van der Waals surface area contributed by atoms with Crippen molar-refractivity contribution >= 4 is 11.6 Å². The van der Waals surface area contributed by atoms with Crippen molar-refractivity contribution < 1.29 is 13.6 Å². The number of nitrogens with zero attached hydrogens (tertiary/aromatic N) is 1. The normalized spacial score (nSPS) is 17.1. The van der Waals surface area contributed by atoms with Crippen molar-refractivity contribution in [2.75, 3.05) is 18.4 Å². The van der Waals surface area contributed by atoms with Crippen LogP contribution in [0.25, 0.3) is 0 Å². The Morgan fingerprint density at radius 2 is 2.15 bits per heavy atom. The van der Waals surface area contributed by atoms with Crippen LogP contribution in [0.5, 0.6) is 0 Å². The van der Waals surface area contributed by atoms with Crippen LogP contribution in [-0.2, 0) is 6.54 Å². The van der Waals surface area contributed by atoms with E-state index in [1.807, 2.05) is 0 Å². The van der Waals surface area contributed by atoms with Crippen LogP contribution in [0, 0.1) is 24.5 Å².